The number of carboxylic acids is 1. The predicted octanol–water partition coefficient (Wildman–Crippen LogP) is 3.67. The number of thiocarbonyl (C=S) groups is 1. The maximum Gasteiger partial charge on any atom is 0.326 e. The lowest BCUT2D eigenvalue weighted by atomic mass is 10.1. The summed E-state index contributed by atoms with van der Waals surface area (Å²) in [5.74, 6) is -1.83. The third-order valence-electron chi connectivity index (χ3n) is 3.42. The molecule has 4 nitrogen and oxygen atoms in total. The van der Waals surface area contributed by atoms with Gasteiger partial charge < -0.3 is 5.11 Å². The molecule has 1 aromatic carbocycles. The number of carbonyl (C=O) groups excluding carboxylic acids is 1. The summed E-state index contributed by atoms with van der Waals surface area (Å²) in [6.07, 6.45) is 3.49. The molecular formula is C16H16FNO3S2. The van der Waals surface area contributed by atoms with Crippen LogP contribution < -0.4 is 0 Å². The highest BCUT2D eigenvalue weighted by Crippen LogP contribution is 2.35. The Bertz CT molecular complexity index is 658. The summed E-state index contributed by atoms with van der Waals surface area (Å²) in [5.41, 5.74) is 0.660. The van der Waals surface area contributed by atoms with Gasteiger partial charge in [0, 0.05) is 0 Å². The molecule has 1 N–H and O–H groups in total. The fraction of sp³-hybridized carbons (Fsp3) is 0.312. The molecular weight excluding hydrogens is 337 g/mol. The van der Waals surface area contributed by atoms with E-state index in [1.54, 1.807) is 18.2 Å². The molecule has 1 fully saturated rings. The molecule has 0 spiro atoms. The van der Waals surface area contributed by atoms with Crippen LogP contribution in [0.4, 0.5) is 4.39 Å². The Hall–Kier alpha value is -1.73. The van der Waals surface area contributed by atoms with Gasteiger partial charge in [-0.1, -0.05) is 55.9 Å². The summed E-state index contributed by atoms with van der Waals surface area (Å²) >= 11 is 6.25. The van der Waals surface area contributed by atoms with Crippen molar-refractivity contribution in [1.29, 1.82) is 0 Å². The minimum Gasteiger partial charge on any atom is -0.480 e. The number of amides is 1. The van der Waals surface area contributed by atoms with E-state index in [1.165, 1.54) is 17.0 Å². The van der Waals surface area contributed by atoms with Crippen LogP contribution in [0, 0.1) is 5.82 Å². The second-order valence-corrected chi connectivity index (χ2v) is 6.78. The maximum atomic E-state index is 12.9. The average molecular weight is 353 g/mol. The fourth-order valence-corrected chi connectivity index (χ4v) is 3.58. The van der Waals surface area contributed by atoms with Gasteiger partial charge in [-0.2, -0.15) is 0 Å². The van der Waals surface area contributed by atoms with Gasteiger partial charge in [-0.25, -0.2) is 9.18 Å². The average Bonchev–Trinajstić information content (AvgIpc) is 2.77. The lowest BCUT2D eigenvalue weighted by Crippen LogP contribution is -2.43. The molecule has 23 heavy (non-hydrogen) atoms. The Balaban J connectivity index is 2.24. The smallest absolute Gasteiger partial charge is 0.326 e. The van der Waals surface area contributed by atoms with Crippen molar-refractivity contribution in [2.75, 3.05) is 0 Å². The van der Waals surface area contributed by atoms with Crippen LogP contribution in [0.15, 0.2) is 29.2 Å². The normalized spacial score (nSPS) is 17.8. The molecule has 1 aromatic rings. The Kier molecular flexibility index (Phi) is 5.90. The van der Waals surface area contributed by atoms with E-state index in [4.69, 9.17) is 12.2 Å². The molecule has 1 heterocycles. The Labute approximate surface area is 143 Å². The molecule has 1 unspecified atom stereocenters. The number of rotatable bonds is 6. The molecule has 0 aliphatic carbocycles. The summed E-state index contributed by atoms with van der Waals surface area (Å²) in [6, 6.07) is 4.75. The lowest BCUT2D eigenvalue weighted by Gasteiger charge is -2.22. The molecule has 1 amide bonds. The number of halogens is 1. The Morgan fingerprint density at radius 2 is 2.09 bits per heavy atom. The molecule has 1 aliphatic heterocycles. The fourth-order valence-electron chi connectivity index (χ4n) is 2.22. The van der Waals surface area contributed by atoms with Crippen molar-refractivity contribution in [3.8, 4) is 0 Å². The molecule has 1 saturated heterocycles. The van der Waals surface area contributed by atoms with E-state index in [2.05, 4.69) is 0 Å². The van der Waals surface area contributed by atoms with Gasteiger partial charge in [-0.05, 0) is 30.2 Å². The van der Waals surface area contributed by atoms with Crippen molar-refractivity contribution in [2.24, 2.45) is 0 Å². The van der Waals surface area contributed by atoms with Crippen molar-refractivity contribution < 1.29 is 19.1 Å². The van der Waals surface area contributed by atoms with E-state index in [1.807, 2.05) is 6.92 Å². The monoisotopic (exact) mass is 353 g/mol. The van der Waals surface area contributed by atoms with Gasteiger partial charge in [-0.15, -0.1) is 0 Å². The number of carbonyl (C=O) groups is 2. The summed E-state index contributed by atoms with van der Waals surface area (Å²) in [7, 11) is 0. The summed E-state index contributed by atoms with van der Waals surface area (Å²) in [5, 5.41) is 9.38. The number of hydrogen-bond acceptors (Lipinski definition) is 4. The van der Waals surface area contributed by atoms with Crippen LogP contribution in [-0.4, -0.2) is 32.2 Å². The van der Waals surface area contributed by atoms with Gasteiger partial charge in [0.15, 0.2) is 0 Å². The van der Waals surface area contributed by atoms with Gasteiger partial charge >= 0.3 is 5.97 Å². The molecule has 0 saturated carbocycles. The van der Waals surface area contributed by atoms with Crippen LogP contribution in [0.3, 0.4) is 0 Å². The van der Waals surface area contributed by atoms with Crippen LogP contribution in [0.1, 0.15) is 31.7 Å². The zero-order valence-electron chi connectivity index (χ0n) is 12.5. The highest BCUT2D eigenvalue weighted by Gasteiger charge is 2.40. The Morgan fingerprint density at radius 1 is 1.43 bits per heavy atom. The summed E-state index contributed by atoms with van der Waals surface area (Å²) in [6.45, 7) is 1.96. The summed E-state index contributed by atoms with van der Waals surface area (Å²) < 4.78 is 13.2. The molecule has 0 aromatic heterocycles. The third-order valence-corrected chi connectivity index (χ3v) is 4.75. The largest absolute Gasteiger partial charge is 0.480 e. The zero-order chi connectivity index (χ0) is 17.0. The lowest BCUT2D eigenvalue weighted by molar-refractivity contribution is -0.145. The number of unbranched alkanes of at least 4 members (excludes halogenated alkanes) is 1. The van der Waals surface area contributed by atoms with Crippen LogP contribution >= 0.6 is 24.0 Å². The van der Waals surface area contributed by atoms with Gasteiger partial charge in [0.05, 0.1) is 4.91 Å². The van der Waals surface area contributed by atoms with Crippen molar-refractivity contribution in [3.05, 3.63) is 40.6 Å². The van der Waals surface area contributed by atoms with Gasteiger partial charge in [0.2, 0.25) is 0 Å². The van der Waals surface area contributed by atoms with E-state index in [-0.39, 0.29) is 10.1 Å². The number of nitrogens with zero attached hydrogens (tertiary/aromatic N) is 1. The molecule has 1 atom stereocenters. The number of aliphatic carboxylic acids is 1. The molecule has 2 rings (SSSR count). The van der Waals surface area contributed by atoms with E-state index >= 15 is 0 Å². The van der Waals surface area contributed by atoms with Gasteiger partial charge in [0.1, 0.15) is 16.2 Å². The van der Waals surface area contributed by atoms with Crippen molar-refractivity contribution >= 4 is 46.3 Å². The number of carboxylic acid groups (broad SMARTS) is 1. The van der Waals surface area contributed by atoms with Crippen LogP contribution in [0.2, 0.25) is 0 Å². The topological polar surface area (TPSA) is 57.6 Å². The highest BCUT2D eigenvalue weighted by atomic mass is 32.2. The van der Waals surface area contributed by atoms with E-state index in [0.717, 1.165) is 18.2 Å². The first-order valence-electron chi connectivity index (χ1n) is 7.19. The van der Waals surface area contributed by atoms with Gasteiger partial charge in [0.25, 0.3) is 5.91 Å². The SMILES string of the molecule is CCCCC(C(=O)O)N1C(=O)/C(=C/c2ccc(F)cc2)SC1=S. The van der Waals surface area contributed by atoms with E-state index in [9.17, 15) is 19.1 Å². The Morgan fingerprint density at radius 3 is 2.65 bits per heavy atom. The quantitative estimate of drug-likeness (QED) is 0.625. The highest BCUT2D eigenvalue weighted by molar-refractivity contribution is 8.26. The second kappa shape index (κ2) is 7.70. The van der Waals surface area contributed by atoms with E-state index < -0.39 is 17.9 Å². The maximum absolute atomic E-state index is 12.9. The molecule has 0 radical (unpaired) electrons. The molecule has 1 aliphatic rings. The summed E-state index contributed by atoms with van der Waals surface area (Å²) in [4.78, 5) is 25.5. The number of benzene rings is 1. The molecule has 0 bridgehead atoms. The first-order valence-corrected chi connectivity index (χ1v) is 8.42. The van der Waals surface area contributed by atoms with Gasteiger partial charge in [-0.3, -0.25) is 9.69 Å². The molecule has 7 heteroatoms. The third kappa shape index (κ3) is 4.17. The molecule has 122 valence electrons. The standard InChI is InChI=1S/C16H16FNO3S2/c1-2-3-4-12(15(20)21)18-14(19)13(23-16(18)22)9-10-5-7-11(17)8-6-10/h5-9,12H,2-4H2,1H3,(H,20,21)/b13-9-. The van der Waals surface area contributed by atoms with Crippen molar-refractivity contribution in [3.63, 3.8) is 0 Å². The van der Waals surface area contributed by atoms with Crippen LogP contribution in [0.5, 0.6) is 0 Å². The van der Waals surface area contributed by atoms with Crippen LogP contribution in [-0.2, 0) is 9.59 Å². The predicted molar refractivity (Wildman–Crippen MR) is 92.4 cm³/mol. The first kappa shape index (κ1) is 17.6. The van der Waals surface area contributed by atoms with E-state index in [0.29, 0.717) is 23.3 Å². The first-order chi connectivity index (χ1) is 10.9. The van der Waals surface area contributed by atoms with Crippen molar-refractivity contribution in [2.45, 2.75) is 32.2 Å². The number of hydrogen-bond donors (Lipinski definition) is 1. The minimum atomic E-state index is -1.06. The minimum absolute atomic E-state index is 0.242. The second-order valence-electron chi connectivity index (χ2n) is 5.10. The van der Waals surface area contributed by atoms with Crippen molar-refractivity contribution in [1.82, 2.24) is 4.90 Å². The van der Waals surface area contributed by atoms with Crippen LogP contribution in [0.25, 0.3) is 6.08 Å². The zero-order valence-corrected chi connectivity index (χ0v) is 14.1. The number of thioether (sulfide) groups is 1.